The summed E-state index contributed by atoms with van der Waals surface area (Å²) in [6.07, 6.45) is 3.59. The van der Waals surface area contributed by atoms with E-state index in [9.17, 15) is 4.79 Å². The fraction of sp³-hybridized carbons (Fsp3) is 0.467. The minimum Gasteiger partial charge on any atom is -0.492 e. The molecule has 0 atom stereocenters. The summed E-state index contributed by atoms with van der Waals surface area (Å²) in [5.74, 6) is 0.874. The van der Waals surface area contributed by atoms with Gasteiger partial charge in [0.25, 0.3) is 0 Å². The maximum atomic E-state index is 11.6. The molecule has 0 N–H and O–H groups in total. The Balaban J connectivity index is 1.75. The van der Waals surface area contributed by atoms with E-state index < -0.39 is 0 Å². The summed E-state index contributed by atoms with van der Waals surface area (Å²) in [7, 11) is 0. The number of hydrogen-bond acceptors (Lipinski definition) is 3. The molecule has 1 aliphatic rings. The van der Waals surface area contributed by atoms with Crippen molar-refractivity contribution in [3.8, 4) is 11.8 Å². The molecule has 1 saturated heterocycles. The monoisotopic (exact) mass is 258 g/mol. The summed E-state index contributed by atoms with van der Waals surface area (Å²) in [5.41, 5.74) is 0.552. The van der Waals surface area contributed by atoms with Gasteiger partial charge in [-0.1, -0.05) is 12.1 Å². The lowest BCUT2D eigenvalue weighted by molar-refractivity contribution is -0.133. The average Bonchev–Trinajstić information content (AvgIpc) is 2.45. The molecule has 0 radical (unpaired) electrons. The predicted molar refractivity (Wildman–Crippen MR) is 71.7 cm³/mol. The minimum absolute atomic E-state index is 0.253. The molecule has 0 unspecified atom stereocenters. The van der Waals surface area contributed by atoms with Crippen LogP contribution < -0.4 is 4.74 Å². The number of ether oxygens (including phenoxy) is 1. The van der Waals surface area contributed by atoms with Crippen molar-refractivity contribution in [3.63, 3.8) is 0 Å². The molecule has 0 bridgehead atoms. The summed E-state index contributed by atoms with van der Waals surface area (Å²) < 4.78 is 5.59. The van der Waals surface area contributed by atoms with E-state index >= 15 is 0 Å². The summed E-state index contributed by atoms with van der Waals surface area (Å²) in [6, 6.07) is 9.31. The minimum atomic E-state index is 0.253. The number of amides is 1. The standard InChI is InChI=1S/C15H18N2O2/c16-12-13-6-1-2-7-14(13)19-11-5-10-17-9-4-3-8-15(17)18/h1-2,6-7H,3-5,8-11H2. The van der Waals surface area contributed by atoms with Gasteiger partial charge in [-0.3, -0.25) is 4.79 Å². The number of benzene rings is 1. The van der Waals surface area contributed by atoms with Crippen LogP contribution in [0.1, 0.15) is 31.2 Å². The molecule has 0 saturated carbocycles. The summed E-state index contributed by atoms with van der Waals surface area (Å²) >= 11 is 0. The molecule has 100 valence electrons. The molecular weight excluding hydrogens is 240 g/mol. The molecule has 1 amide bonds. The molecule has 0 aliphatic carbocycles. The summed E-state index contributed by atoms with van der Waals surface area (Å²) in [4.78, 5) is 13.5. The van der Waals surface area contributed by atoms with Crippen molar-refractivity contribution >= 4 is 5.91 Å². The highest BCUT2D eigenvalue weighted by atomic mass is 16.5. The van der Waals surface area contributed by atoms with Gasteiger partial charge < -0.3 is 9.64 Å². The SMILES string of the molecule is N#Cc1ccccc1OCCCN1CCCCC1=O. The van der Waals surface area contributed by atoms with Crippen LogP contribution in [0.2, 0.25) is 0 Å². The highest BCUT2D eigenvalue weighted by Crippen LogP contribution is 2.17. The zero-order chi connectivity index (χ0) is 13.5. The number of piperidine rings is 1. The number of nitriles is 1. The molecule has 19 heavy (non-hydrogen) atoms. The van der Waals surface area contributed by atoms with E-state index in [1.807, 2.05) is 17.0 Å². The number of carbonyl (C=O) groups is 1. The van der Waals surface area contributed by atoms with Gasteiger partial charge >= 0.3 is 0 Å². The molecule has 1 heterocycles. The highest BCUT2D eigenvalue weighted by molar-refractivity contribution is 5.76. The number of hydrogen-bond donors (Lipinski definition) is 0. The third-order valence-electron chi connectivity index (χ3n) is 3.26. The number of rotatable bonds is 5. The van der Waals surface area contributed by atoms with Crippen molar-refractivity contribution in [2.45, 2.75) is 25.7 Å². The smallest absolute Gasteiger partial charge is 0.222 e. The van der Waals surface area contributed by atoms with Crippen LogP contribution in [0.5, 0.6) is 5.75 Å². The van der Waals surface area contributed by atoms with Crippen LogP contribution in [-0.2, 0) is 4.79 Å². The zero-order valence-corrected chi connectivity index (χ0v) is 11.0. The lowest BCUT2D eigenvalue weighted by atomic mass is 10.1. The quantitative estimate of drug-likeness (QED) is 0.762. The molecule has 0 spiro atoms. The van der Waals surface area contributed by atoms with Crippen molar-refractivity contribution in [2.75, 3.05) is 19.7 Å². The summed E-state index contributed by atoms with van der Waals surface area (Å²) in [6.45, 7) is 2.14. The first-order valence-corrected chi connectivity index (χ1v) is 6.71. The first-order chi connectivity index (χ1) is 9.31. The Morgan fingerprint density at radius 3 is 2.95 bits per heavy atom. The van der Waals surface area contributed by atoms with Gasteiger partial charge in [0.05, 0.1) is 12.2 Å². The number of para-hydroxylation sites is 1. The first kappa shape index (κ1) is 13.4. The second kappa shape index (κ2) is 6.79. The lowest BCUT2D eigenvalue weighted by Gasteiger charge is -2.26. The first-order valence-electron chi connectivity index (χ1n) is 6.71. The number of nitrogens with zero attached hydrogens (tertiary/aromatic N) is 2. The van der Waals surface area contributed by atoms with Crippen LogP contribution >= 0.6 is 0 Å². The van der Waals surface area contributed by atoms with E-state index in [1.165, 1.54) is 0 Å². The molecule has 0 aromatic heterocycles. The molecule has 4 heteroatoms. The maximum Gasteiger partial charge on any atom is 0.222 e. The number of likely N-dealkylation sites (tertiary alicyclic amines) is 1. The Labute approximate surface area is 113 Å². The van der Waals surface area contributed by atoms with Crippen molar-refractivity contribution < 1.29 is 9.53 Å². The van der Waals surface area contributed by atoms with E-state index in [0.29, 0.717) is 24.3 Å². The van der Waals surface area contributed by atoms with Gasteiger partial charge in [-0.25, -0.2) is 0 Å². The second-order valence-electron chi connectivity index (χ2n) is 4.65. The average molecular weight is 258 g/mol. The Hall–Kier alpha value is -2.02. The van der Waals surface area contributed by atoms with E-state index in [0.717, 1.165) is 32.4 Å². The second-order valence-corrected chi connectivity index (χ2v) is 4.65. The summed E-state index contributed by atoms with van der Waals surface area (Å²) in [5, 5.41) is 8.93. The molecule has 1 fully saturated rings. The van der Waals surface area contributed by atoms with Crippen LogP contribution in [0.25, 0.3) is 0 Å². The van der Waals surface area contributed by atoms with Crippen molar-refractivity contribution in [1.82, 2.24) is 4.90 Å². The fourth-order valence-electron chi connectivity index (χ4n) is 2.22. The highest BCUT2D eigenvalue weighted by Gasteiger charge is 2.17. The van der Waals surface area contributed by atoms with Gasteiger partial charge in [-0.15, -0.1) is 0 Å². The third kappa shape index (κ3) is 3.72. The van der Waals surface area contributed by atoms with Crippen LogP contribution in [0.3, 0.4) is 0 Å². The predicted octanol–water partition coefficient (Wildman–Crippen LogP) is 2.34. The van der Waals surface area contributed by atoms with E-state index in [4.69, 9.17) is 10.00 Å². The van der Waals surface area contributed by atoms with Crippen molar-refractivity contribution in [3.05, 3.63) is 29.8 Å². The lowest BCUT2D eigenvalue weighted by Crippen LogP contribution is -2.36. The van der Waals surface area contributed by atoms with Gasteiger partial charge in [-0.05, 0) is 31.4 Å². The largest absolute Gasteiger partial charge is 0.492 e. The molecular formula is C15H18N2O2. The Bertz CT molecular complexity index is 479. The Morgan fingerprint density at radius 1 is 1.32 bits per heavy atom. The van der Waals surface area contributed by atoms with Crippen LogP contribution in [0.15, 0.2) is 24.3 Å². The van der Waals surface area contributed by atoms with E-state index in [2.05, 4.69) is 6.07 Å². The van der Waals surface area contributed by atoms with Crippen molar-refractivity contribution in [1.29, 1.82) is 5.26 Å². The van der Waals surface area contributed by atoms with Gasteiger partial charge in [-0.2, -0.15) is 5.26 Å². The van der Waals surface area contributed by atoms with Crippen LogP contribution in [0.4, 0.5) is 0 Å². The maximum absolute atomic E-state index is 11.6. The van der Waals surface area contributed by atoms with Gasteiger partial charge in [0.15, 0.2) is 0 Å². The third-order valence-corrected chi connectivity index (χ3v) is 3.26. The normalized spacial score (nSPS) is 15.1. The van der Waals surface area contributed by atoms with Crippen LogP contribution in [0, 0.1) is 11.3 Å². The Kier molecular flexibility index (Phi) is 4.79. The van der Waals surface area contributed by atoms with Crippen molar-refractivity contribution in [2.24, 2.45) is 0 Å². The fourth-order valence-corrected chi connectivity index (χ4v) is 2.22. The van der Waals surface area contributed by atoms with Gasteiger partial charge in [0, 0.05) is 19.5 Å². The molecule has 2 rings (SSSR count). The topological polar surface area (TPSA) is 53.3 Å². The van der Waals surface area contributed by atoms with Crippen LogP contribution in [-0.4, -0.2) is 30.5 Å². The molecule has 1 aliphatic heterocycles. The van der Waals surface area contributed by atoms with Gasteiger partial charge in [0.2, 0.25) is 5.91 Å². The molecule has 1 aromatic carbocycles. The zero-order valence-electron chi connectivity index (χ0n) is 11.0. The Morgan fingerprint density at radius 2 is 2.16 bits per heavy atom. The number of carbonyl (C=O) groups excluding carboxylic acids is 1. The van der Waals surface area contributed by atoms with Gasteiger partial charge in [0.1, 0.15) is 11.8 Å². The van der Waals surface area contributed by atoms with E-state index in [1.54, 1.807) is 12.1 Å². The molecule has 1 aromatic rings. The van der Waals surface area contributed by atoms with E-state index in [-0.39, 0.29) is 5.91 Å². The molecule has 4 nitrogen and oxygen atoms in total.